The molecule has 0 spiro atoms. The van der Waals surface area contributed by atoms with E-state index in [1.54, 1.807) is 24.5 Å². The molecule has 1 saturated heterocycles. The molecule has 5 N–H and O–H groups in total. The number of pyridine rings is 1. The van der Waals surface area contributed by atoms with Crippen molar-refractivity contribution < 1.29 is 39.5 Å². The summed E-state index contributed by atoms with van der Waals surface area (Å²) in [5.41, 5.74) is 5.47. The molecule has 3 aromatic carbocycles. The highest BCUT2D eigenvalue weighted by molar-refractivity contribution is 9.10. The number of halogens is 2. The summed E-state index contributed by atoms with van der Waals surface area (Å²) in [5, 5.41) is 41.6. The normalized spacial score (nSPS) is 15.8. The topological polar surface area (TPSA) is 165 Å². The van der Waals surface area contributed by atoms with Crippen molar-refractivity contribution in [3.8, 4) is 22.6 Å². The highest BCUT2D eigenvalue weighted by Crippen LogP contribution is 2.41. The number of hydrogen-bond acceptors (Lipinski definition) is 10. The average molecular weight is 824 g/mol. The molecular formula is C40H44BrClN4O8. The Morgan fingerprint density at radius 1 is 0.944 bits per heavy atom. The molecule has 54 heavy (non-hydrogen) atoms. The number of rotatable bonds is 17. The maximum absolute atomic E-state index is 11.5. The van der Waals surface area contributed by atoms with Gasteiger partial charge < -0.3 is 39.7 Å². The number of ether oxygens (including phenoxy) is 2. The Hall–Kier alpha value is -4.24. The molecule has 0 unspecified atom stereocenters. The second kappa shape index (κ2) is 17.9. The predicted octanol–water partition coefficient (Wildman–Crippen LogP) is 5.52. The summed E-state index contributed by atoms with van der Waals surface area (Å²) < 4.78 is 13.4. The van der Waals surface area contributed by atoms with Gasteiger partial charge in [-0.3, -0.25) is 15.1 Å². The van der Waals surface area contributed by atoms with Crippen LogP contribution in [0.25, 0.3) is 11.1 Å². The summed E-state index contributed by atoms with van der Waals surface area (Å²) in [6.45, 7) is 3.75. The number of anilines is 1. The molecule has 0 amide bonds. The van der Waals surface area contributed by atoms with Gasteiger partial charge in [-0.15, -0.1) is 0 Å². The third-order valence-electron chi connectivity index (χ3n) is 10.1. The van der Waals surface area contributed by atoms with Crippen LogP contribution in [0.4, 0.5) is 5.69 Å². The molecule has 0 radical (unpaired) electrons. The SMILES string of the molecule is O=C(O)[C@H](CO)NCc1cc(Cl)c(OCc2cccc(-c3cccc4c3CCN4CCCN3CCC(O)(C(=O)O)CC3)c2Br)cc1OCc1cccnc1. The fourth-order valence-electron chi connectivity index (χ4n) is 6.95. The first-order valence-electron chi connectivity index (χ1n) is 17.9. The number of carbonyl (C=O) groups is 2. The summed E-state index contributed by atoms with van der Waals surface area (Å²) in [4.78, 5) is 31.7. The van der Waals surface area contributed by atoms with Crippen molar-refractivity contribution in [2.24, 2.45) is 0 Å². The number of piperidine rings is 1. The predicted molar refractivity (Wildman–Crippen MR) is 208 cm³/mol. The van der Waals surface area contributed by atoms with Crippen molar-refractivity contribution in [1.29, 1.82) is 0 Å². The van der Waals surface area contributed by atoms with E-state index >= 15 is 0 Å². The van der Waals surface area contributed by atoms with Gasteiger partial charge in [0.25, 0.3) is 0 Å². The van der Waals surface area contributed by atoms with Gasteiger partial charge in [-0.25, -0.2) is 4.79 Å². The van der Waals surface area contributed by atoms with Gasteiger partial charge in [-0.2, -0.15) is 0 Å². The molecule has 2 aliphatic heterocycles. The van der Waals surface area contributed by atoms with Gasteiger partial charge in [0.05, 0.1) is 11.6 Å². The Kier molecular flexibility index (Phi) is 13.1. The maximum Gasteiger partial charge on any atom is 0.335 e. The number of carboxylic acids is 2. The molecule has 1 fully saturated rings. The highest BCUT2D eigenvalue weighted by atomic mass is 79.9. The van der Waals surface area contributed by atoms with Gasteiger partial charge in [-0.1, -0.05) is 48.0 Å². The highest BCUT2D eigenvalue weighted by Gasteiger charge is 2.39. The first-order chi connectivity index (χ1) is 26.1. The molecule has 12 nitrogen and oxygen atoms in total. The number of benzene rings is 3. The third kappa shape index (κ3) is 9.34. The lowest BCUT2D eigenvalue weighted by molar-refractivity contribution is -0.163. The molecule has 1 aromatic heterocycles. The molecule has 0 bridgehead atoms. The van der Waals surface area contributed by atoms with E-state index in [1.165, 1.54) is 11.3 Å². The van der Waals surface area contributed by atoms with Crippen molar-refractivity contribution in [3.05, 3.63) is 105 Å². The Morgan fingerprint density at radius 3 is 2.43 bits per heavy atom. The number of likely N-dealkylation sites (tertiary alicyclic amines) is 1. The van der Waals surface area contributed by atoms with E-state index in [0.717, 1.165) is 59.2 Å². The first kappa shape index (κ1) is 39.5. The molecule has 4 aromatic rings. The largest absolute Gasteiger partial charge is 0.488 e. The zero-order valence-corrected chi connectivity index (χ0v) is 32.1. The number of fused-ring (bicyclic) bond motifs is 1. The molecule has 286 valence electrons. The fourth-order valence-corrected chi connectivity index (χ4v) is 7.79. The minimum atomic E-state index is -1.60. The quantitative estimate of drug-likeness (QED) is 0.0908. The first-order valence-corrected chi connectivity index (χ1v) is 19.1. The lowest BCUT2D eigenvalue weighted by Crippen LogP contribution is -2.49. The van der Waals surface area contributed by atoms with Gasteiger partial charge in [0.2, 0.25) is 0 Å². The van der Waals surface area contributed by atoms with Crippen LogP contribution in [0.2, 0.25) is 5.02 Å². The molecule has 2 aliphatic rings. The van der Waals surface area contributed by atoms with Crippen LogP contribution in [0.15, 0.2) is 77.5 Å². The van der Waals surface area contributed by atoms with E-state index in [9.17, 15) is 30.0 Å². The molecule has 1 atom stereocenters. The number of aromatic nitrogens is 1. The Morgan fingerprint density at radius 2 is 1.70 bits per heavy atom. The minimum Gasteiger partial charge on any atom is -0.488 e. The number of nitrogens with one attached hydrogen (secondary N) is 1. The van der Waals surface area contributed by atoms with Crippen LogP contribution in [0.3, 0.4) is 0 Å². The summed E-state index contributed by atoms with van der Waals surface area (Å²) in [6, 6.07) is 18.4. The van der Waals surface area contributed by atoms with Gasteiger partial charge in [0.1, 0.15) is 30.8 Å². The second-order valence-corrected chi connectivity index (χ2v) is 14.8. The fraction of sp³-hybridized carbons (Fsp3) is 0.375. The number of hydrogen-bond donors (Lipinski definition) is 5. The molecule has 0 aliphatic carbocycles. The van der Waals surface area contributed by atoms with Crippen LogP contribution >= 0.6 is 27.5 Å². The van der Waals surface area contributed by atoms with Gasteiger partial charge in [-0.05, 0) is 83.0 Å². The Balaban J connectivity index is 1.13. The number of aliphatic hydroxyl groups excluding tert-OH is 1. The second-order valence-electron chi connectivity index (χ2n) is 13.6. The minimum absolute atomic E-state index is 0.0879. The van der Waals surface area contributed by atoms with Gasteiger partial charge >= 0.3 is 11.9 Å². The lowest BCUT2D eigenvalue weighted by atomic mass is 9.91. The maximum atomic E-state index is 11.5. The van der Waals surface area contributed by atoms with Gasteiger partial charge in [0.15, 0.2) is 5.60 Å². The van der Waals surface area contributed by atoms with Crippen LogP contribution in [0, 0.1) is 0 Å². The third-order valence-corrected chi connectivity index (χ3v) is 11.3. The van der Waals surface area contributed by atoms with Crippen LogP contribution < -0.4 is 19.7 Å². The zero-order chi connectivity index (χ0) is 38.2. The number of aliphatic hydroxyl groups is 2. The van der Waals surface area contributed by atoms with Crippen LogP contribution in [-0.2, 0) is 35.8 Å². The van der Waals surface area contributed by atoms with Crippen LogP contribution in [-0.4, -0.2) is 93.2 Å². The summed E-state index contributed by atoms with van der Waals surface area (Å²) in [5.74, 6) is -1.45. The van der Waals surface area contributed by atoms with Gasteiger partial charge in [0, 0.05) is 78.0 Å². The monoisotopic (exact) mass is 822 g/mol. The summed E-state index contributed by atoms with van der Waals surface area (Å²) in [7, 11) is 0. The Bertz CT molecular complexity index is 1940. The standard InChI is InChI=1S/C40H44BrClN4O8/c41-37-27(25-54-36-20-35(53-24-26-5-3-13-43-21-26)28(19-32(36)42)22-44-33(23-47)38(48)49)6-1-8-31(37)29-7-2-9-34-30(29)10-16-46(34)15-4-14-45-17-11-40(52,12-18-45)39(50)51/h1-3,5-9,13,19-21,33,44,47,52H,4,10-12,14-18,22-25H2,(H,48,49)(H,50,51)/t33-/m0/s1. The Labute approximate surface area is 327 Å². The summed E-state index contributed by atoms with van der Waals surface area (Å²) in [6.07, 6.45) is 5.73. The zero-order valence-electron chi connectivity index (χ0n) is 29.7. The molecule has 3 heterocycles. The molecule has 0 saturated carbocycles. The van der Waals surface area contributed by atoms with E-state index < -0.39 is 30.2 Å². The van der Waals surface area contributed by atoms with Crippen molar-refractivity contribution in [3.63, 3.8) is 0 Å². The van der Waals surface area contributed by atoms with Crippen molar-refractivity contribution >= 4 is 45.2 Å². The molecule has 14 heteroatoms. The van der Waals surface area contributed by atoms with Crippen LogP contribution in [0.1, 0.15) is 41.5 Å². The molecule has 6 rings (SSSR count). The number of aliphatic carboxylic acids is 2. The lowest BCUT2D eigenvalue weighted by Gasteiger charge is -2.35. The average Bonchev–Trinajstić information content (AvgIpc) is 3.59. The van der Waals surface area contributed by atoms with Crippen molar-refractivity contribution in [2.45, 2.75) is 57.1 Å². The van der Waals surface area contributed by atoms with Crippen LogP contribution in [0.5, 0.6) is 11.5 Å². The smallest absolute Gasteiger partial charge is 0.335 e. The number of nitrogens with zero attached hydrogens (tertiary/aromatic N) is 3. The van der Waals surface area contributed by atoms with Crippen molar-refractivity contribution in [2.75, 3.05) is 44.2 Å². The number of carboxylic acid groups (broad SMARTS) is 2. The molecular weight excluding hydrogens is 780 g/mol. The van der Waals surface area contributed by atoms with E-state index in [-0.39, 0.29) is 32.6 Å². The van der Waals surface area contributed by atoms with E-state index in [1.807, 2.05) is 24.3 Å². The van der Waals surface area contributed by atoms with E-state index in [0.29, 0.717) is 35.2 Å². The van der Waals surface area contributed by atoms with E-state index in [4.69, 9.17) is 21.1 Å². The van der Waals surface area contributed by atoms with E-state index in [2.05, 4.69) is 60.3 Å². The van der Waals surface area contributed by atoms with Crippen molar-refractivity contribution in [1.82, 2.24) is 15.2 Å². The summed E-state index contributed by atoms with van der Waals surface area (Å²) >= 11 is 10.6.